The first-order chi connectivity index (χ1) is 13.2. The van der Waals surface area contributed by atoms with E-state index in [0.717, 1.165) is 12.5 Å². The predicted molar refractivity (Wildman–Crippen MR) is 103 cm³/mol. The van der Waals surface area contributed by atoms with Gasteiger partial charge in [0.25, 0.3) is 20.2 Å². The van der Waals surface area contributed by atoms with Gasteiger partial charge in [-0.2, -0.15) is 16.8 Å². The number of Topliss-reactive ketones (excluding diaryl/α,β-unsaturated/α-hetero) is 1. The molecule has 0 heterocycles. The molecule has 0 saturated heterocycles. The van der Waals surface area contributed by atoms with Gasteiger partial charge in [0, 0.05) is 5.02 Å². The highest BCUT2D eigenvalue weighted by atomic mass is 35.5. The third-order valence-corrected chi connectivity index (χ3v) is 6.22. The van der Waals surface area contributed by atoms with Gasteiger partial charge < -0.3 is 5.11 Å². The zero-order chi connectivity index (χ0) is 22.1. The van der Waals surface area contributed by atoms with E-state index < -0.39 is 56.0 Å². The number of rotatable bonds is 9. The third kappa shape index (κ3) is 5.76. The molecular formula is C17H21ClO9S2. The number of carbonyl (C=O) groups excluding carboxylic acids is 1. The average molecular weight is 469 g/mol. The van der Waals surface area contributed by atoms with Crippen LogP contribution in [0.15, 0.2) is 24.3 Å². The molecule has 1 aromatic carbocycles. The summed E-state index contributed by atoms with van der Waals surface area (Å²) in [5.74, 6) is -2.22. The molecule has 1 N–H and O–H groups in total. The van der Waals surface area contributed by atoms with E-state index in [1.807, 2.05) is 0 Å². The number of halogens is 1. The van der Waals surface area contributed by atoms with Gasteiger partial charge in [0.2, 0.25) is 0 Å². The number of carboxylic acids is 1. The molecule has 0 aliphatic heterocycles. The van der Waals surface area contributed by atoms with E-state index in [2.05, 4.69) is 0 Å². The minimum atomic E-state index is -3.97. The minimum absolute atomic E-state index is 0.114. The van der Waals surface area contributed by atoms with Crippen molar-refractivity contribution in [1.82, 2.24) is 0 Å². The second kappa shape index (κ2) is 8.31. The number of hydrogen-bond donors (Lipinski definition) is 1. The van der Waals surface area contributed by atoms with Gasteiger partial charge >= 0.3 is 5.97 Å². The molecule has 12 heteroatoms. The lowest BCUT2D eigenvalue weighted by Crippen LogP contribution is -2.47. The van der Waals surface area contributed by atoms with Gasteiger partial charge in [-0.3, -0.25) is 18.0 Å². The second-order valence-electron chi connectivity index (χ2n) is 7.23. The standard InChI is InChI=1S/C17H21ClO9S2/c1-28(22,23)26-10-16(11-27-29(2,24)25)7-8-17(14(16)19,15(20)21)9-12-3-5-13(18)6-4-12/h3-6H,7-11H2,1-2H3,(H,20,21). The average Bonchev–Trinajstić information content (AvgIpc) is 2.87. The summed E-state index contributed by atoms with van der Waals surface area (Å²) >= 11 is 5.84. The SMILES string of the molecule is CS(=O)(=O)OCC1(COS(C)(=O)=O)CCC(Cc2ccc(Cl)cc2)(C(=O)O)C1=O. The van der Waals surface area contributed by atoms with E-state index in [-0.39, 0.29) is 19.3 Å². The number of carboxylic acid groups (broad SMARTS) is 1. The predicted octanol–water partition coefficient (Wildman–Crippen LogP) is 1.26. The Kier molecular flexibility index (Phi) is 6.80. The molecule has 0 amide bonds. The zero-order valence-electron chi connectivity index (χ0n) is 15.8. The summed E-state index contributed by atoms with van der Waals surface area (Å²) in [5, 5.41) is 10.3. The first kappa shape index (κ1) is 23.7. The Morgan fingerprint density at radius 3 is 1.93 bits per heavy atom. The highest BCUT2D eigenvalue weighted by Crippen LogP contribution is 2.49. The largest absolute Gasteiger partial charge is 0.480 e. The summed E-state index contributed by atoms with van der Waals surface area (Å²) in [4.78, 5) is 25.5. The summed E-state index contributed by atoms with van der Waals surface area (Å²) in [5.41, 5.74) is -3.08. The van der Waals surface area contributed by atoms with Crippen LogP contribution in [0.5, 0.6) is 0 Å². The van der Waals surface area contributed by atoms with Crippen molar-refractivity contribution in [1.29, 1.82) is 0 Å². The molecule has 9 nitrogen and oxygen atoms in total. The fraction of sp³-hybridized carbons (Fsp3) is 0.529. The molecule has 162 valence electrons. The maximum Gasteiger partial charge on any atom is 0.317 e. The van der Waals surface area contributed by atoms with E-state index in [0.29, 0.717) is 10.6 Å². The van der Waals surface area contributed by atoms with Gasteiger partial charge in [0.15, 0.2) is 5.78 Å². The Bertz CT molecular complexity index is 964. The number of aliphatic carboxylic acids is 1. The molecule has 0 bridgehead atoms. The zero-order valence-corrected chi connectivity index (χ0v) is 18.1. The molecule has 0 spiro atoms. The van der Waals surface area contributed by atoms with E-state index in [1.54, 1.807) is 24.3 Å². The maximum absolute atomic E-state index is 13.3. The van der Waals surface area contributed by atoms with Crippen molar-refractivity contribution in [3.63, 3.8) is 0 Å². The van der Waals surface area contributed by atoms with Crippen molar-refractivity contribution in [2.45, 2.75) is 19.3 Å². The molecule has 0 aromatic heterocycles. The van der Waals surface area contributed by atoms with Gasteiger partial charge in [-0.05, 0) is 37.0 Å². The van der Waals surface area contributed by atoms with E-state index in [1.165, 1.54) is 0 Å². The van der Waals surface area contributed by atoms with E-state index in [9.17, 15) is 31.5 Å². The monoisotopic (exact) mass is 468 g/mol. The van der Waals surface area contributed by atoms with Crippen molar-refractivity contribution in [3.05, 3.63) is 34.9 Å². The van der Waals surface area contributed by atoms with Gasteiger partial charge in [-0.1, -0.05) is 23.7 Å². The van der Waals surface area contributed by atoms with Crippen LogP contribution in [-0.2, 0) is 44.6 Å². The summed E-state index contributed by atoms with van der Waals surface area (Å²) in [6, 6.07) is 6.28. The van der Waals surface area contributed by atoms with Crippen LogP contribution >= 0.6 is 11.6 Å². The second-order valence-corrected chi connectivity index (χ2v) is 11.0. The lowest BCUT2D eigenvalue weighted by molar-refractivity contribution is -0.156. The summed E-state index contributed by atoms with van der Waals surface area (Å²) < 4.78 is 55.3. The smallest absolute Gasteiger partial charge is 0.317 e. The fourth-order valence-electron chi connectivity index (χ4n) is 3.34. The summed E-state index contributed by atoms with van der Waals surface area (Å²) in [7, 11) is -7.93. The highest BCUT2D eigenvalue weighted by Gasteiger charge is 2.61. The topological polar surface area (TPSA) is 141 Å². The maximum atomic E-state index is 13.3. The van der Waals surface area contributed by atoms with E-state index >= 15 is 0 Å². The normalized spacial score (nSPS) is 22.0. The van der Waals surface area contributed by atoms with Gasteiger partial charge in [-0.15, -0.1) is 0 Å². The Labute approximate surface area is 174 Å². The number of hydrogen-bond acceptors (Lipinski definition) is 8. The molecule has 1 aromatic rings. The molecule has 1 unspecified atom stereocenters. The third-order valence-electron chi connectivity index (χ3n) is 4.87. The molecule has 29 heavy (non-hydrogen) atoms. The molecule has 1 fully saturated rings. The van der Waals surface area contributed by atoms with Gasteiger partial charge in [-0.25, -0.2) is 0 Å². The Balaban J connectivity index is 2.43. The molecule has 1 aliphatic rings. The van der Waals surface area contributed by atoms with Crippen LogP contribution in [-0.4, -0.2) is 59.4 Å². The van der Waals surface area contributed by atoms with Gasteiger partial charge in [0.05, 0.1) is 31.1 Å². The Morgan fingerprint density at radius 1 is 1.03 bits per heavy atom. The molecular weight excluding hydrogens is 448 g/mol. The fourth-order valence-corrected chi connectivity index (χ4v) is 4.35. The van der Waals surface area contributed by atoms with Crippen LogP contribution in [0.4, 0.5) is 0 Å². The first-order valence-corrected chi connectivity index (χ1v) is 12.4. The quantitative estimate of drug-likeness (QED) is 0.418. The van der Waals surface area contributed by atoms with Crippen molar-refractivity contribution < 1.29 is 39.9 Å². The van der Waals surface area contributed by atoms with Crippen LogP contribution in [0, 0.1) is 10.8 Å². The lowest BCUT2D eigenvalue weighted by Gasteiger charge is -2.29. The minimum Gasteiger partial charge on any atom is -0.480 e. The van der Waals surface area contributed by atoms with Gasteiger partial charge in [0.1, 0.15) is 5.41 Å². The molecule has 0 radical (unpaired) electrons. The molecule has 1 atom stereocenters. The molecule has 1 saturated carbocycles. The van der Waals surface area contributed by atoms with Crippen LogP contribution in [0.1, 0.15) is 18.4 Å². The first-order valence-electron chi connectivity index (χ1n) is 8.41. The molecule has 2 rings (SSSR count). The molecule has 1 aliphatic carbocycles. The summed E-state index contributed by atoms with van der Waals surface area (Å²) in [6.45, 7) is -1.42. The van der Waals surface area contributed by atoms with Crippen LogP contribution in [0.3, 0.4) is 0 Å². The number of carbonyl (C=O) groups is 2. The van der Waals surface area contributed by atoms with Crippen molar-refractivity contribution in [2.24, 2.45) is 10.8 Å². The number of benzene rings is 1. The van der Waals surface area contributed by atoms with Crippen LogP contribution < -0.4 is 0 Å². The van der Waals surface area contributed by atoms with Crippen LogP contribution in [0.25, 0.3) is 0 Å². The van der Waals surface area contributed by atoms with Crippen molar-refractivity contribution in [2.75, 3.05) is 25.7 Å². The highest BCUT2D eigenvalue weighted by molar-refractivity contribution is 7.86. The van der Waals surface area contributed by atoms with Crippen molar-refractivity contribution >= 4 is 43.6 Å². The van der Waals surface area contributed by atoms with Crippen LogP contribution in [0.2, 0.25) is 5.02 Å². The summed E-state index contributed by atoms with van der Waals surface area (Å²) in [6.07, 6.45) is 1.13. The van der Waals surface area contributed by atoms with Crippen molar-refractivity contribution in [3.8, 4) is 0 Å². The Hall–Kier alpha value is -1.53. The number of ketones is 1. The lowest BCUT2D eigenvalue weighted by atomic mass is 9.75. The Morgan fingerprint density at radius 2 is 1.52 bits per heavy atom. The van der Waals surface area contributed by atoms with E-state index in [4.69, 9.17) is 20.0 Å².